The van der Waals surface area contributed by atoms with E-state index in [9.17, 15) is 0 Å². The SMILES string of the molecule is CCNC1CCCc2sc(C3(OC)CCC3)nc21. The highest BCUT2D eigenvalue weighted by atomic mass is 32.1. The zero-order valence-corrected chi connectivity index (χ0v) is 12.1. The van der Waals surface area contributed by atoms with Crippen molar-refractivity contribution >= 4 is 11.3 Å². The van der Waals surface area contributed by atoms with Crippen LogP contribution in [0.15, 0.2) is 0 Å². The van der Waals surface area contributed by atoms with Gasteiger partial charge in [0.2, 0.25) is 0 Å². The minimum absolute atomic E-state index is 0.0429. The molecule has 0 aromatic carbocycles. The Morgan fingerprint density at radius 3 is 2.89 bits per heavy atom. The fourth-order valence-electron chi connectivity index (χ4n) is 3.06. The van der Waals surface area contributed by atoms with Crippen LogP contribution < -0.4 is 5.32 Å². The first-order valence-electron chi connectivity index (χ1n) is 7.07. The maximum absolute atomic E-state index is 5.76. The lowest BCUT2D eigenvalue weighted by Crippen LogP contribution is -2.36. The lowest BCUT2D eigenvalue weighted by molar-refractivity contribution is -0.0780. The molecule has 1 atom stereocenters. The highest BCUT2D eigenvalue weighted by Crippen LogP contribution is 2.47. The van der Waals surface area contributed by atoms with Crippen LogP contribution in [0.25, 0.3) is 0 Å². The van der Waals surface area contributed by atoms with Gasteiger partial charge in [0.05, 0.1) is 11.7 Å². The van der Waals surface area contributed by atoms with E-state index < -0.39 is 0 Å². The Morgan fingerprint density at radius 1 is 1.44 bits per heavy atom. The molecule has 2 aliphatic carbocycles. The third-order valence-electron chi connectivity index (χ3n) is 4.35. The number of methoxy groups -OCH3 is 1. The minimum atomic E-state index is -0.0429. The second-order valence-electron chi connectivity index (χ2n) is 5.38. The maximum Gasteiger partial charge on any atom is 0.125 e. The van der Waals surface area contributed by atoms with Gasteiger partial charge < -0.3 is 10.1 Å². The van der Waals surface area contributed by atoms with E-state index in [-0.39, 0.29) is 5.60 Å². The van der Waals surface area contributed by atoms with E-state index in [1.807, 2.05) is 18.4 Å². The normalized spacial score (nSPS) is 25.6. The van der Waals surface area contributed by atoms with Crippen molar-refractivity contribution in [3.63, 3.8) is 0 Å². The summed E-state index contributed by atoms with van der Waals surface area (Å²) in [5, 5.41) is 4.79. The Kier molecular flexibility index (Phi) is 3.43. The van der Waals surface area contributed by atoms with Crippen molar-refractivity contribution in [3.05, 3.63) is 15.6 Å². The van der Waals surface area contributed by atoms with Gasteiger partial charge in [-0.1, -0.05) is 6.92 Å². The van der Waals surface area contributed by atoms with Crippen LogP contribution in [0.4, 0.5) is 0 Å². The molecule has 3 rings (SSSR count). The summed E-state index contributed by atoms with van der Waals surface area (Å²) >= 11 is 1.90. The van der Waals surface area contributed by atoms with Crippen molar-refractivity contribution in [2.24, 2.45) is 0 Å². The molecule has 0 amide bonds. The average Bonchev–Trinajstić information content (AvgIpc) is 2.74. The van der Waals surface area contributed by atoms with Crippen LogP contribution in [0.1, 0.15) is 60.6 Å². The topological polar surface area (TPSA) is 34.1 Å². The van der Waals surface area contributed by atoms with Crippen molar-refractivity contribution < 1.29 is 4.74 Å². The highest BCUT2D eigenvalue weighted by molar-refractivity contribution is 7.11. The van der Waals surface area contributed by atoms with Crippen LogP contribution in [0, 0.1) is 0 Å². The second kappa shape index (κ2) is 4.91. The Labute approximate surface area is 113 Å². The molecule has 1 heterocycles. The molecule has 0 bridgehead atoms. The Bertz CT molecular complexity index is 420. The van der Waals surface area contributed by atoms with Crippen LogP contribution in [0.3, 0.4) is 0 Å². The summed E-state index contributed by atoms with van der Waals surface area (Å²) in [5.74, 6) is 0. The van der Waals surface area contributed by atoms with E-state index in [1.165, 1.54) is 41.3 Å². The summed E-state index contributed by atoms with van der Waals surface area (Å²) < 4.78 is 5.76. The van der Waals surface area contributed by atoms with Crippen molar-refractivity contribution in [1.82, 2.24) is 10.3 Å². The van der Waals surface area contributed by atoms with Gasteiger partial charge >= 0.3 is 0 Å². The third kappa shape index (κ3) is 1.91. The number of aromatic nitrogens is 1. The van der Waals surface area contributed by atoms with Crippen molar-refractivity contribution in [2.45, 2.75) is 57.1 Å². The number of ether oxygens (including phenoxy) is 1. The number of nitrogens with one attached hydrogen (secondary N) is 1. The first-order chi connectivity index (χ1) is 8.79. The standard InChI is InChI=1S/C14H22N2OS/c1-3-15-10-6-4-7-11-12(10)16-13(18-11)14(17-2)8-5-9-14/h10,15H,3-9H2,1-2H3. The fourth-order valence-corrected chi connectivity index (χ4v) is 4.45. The second-order valence-corrected chi connectivity index (χ2v) is 6.47. The van der Waals surface area contributed by atoms with Gasteiger partial charge in [0.15, 0.2) is 0 Å². The predicted molar refractivity (Wildman–Crippen MR) is 74.0 cm³/mol. The molecule has 0 aliphatic heterocycles. The zero-order chi connectivity index (χ0) is 12.6. The molecule has 0 spiro atoms. The van der Waals surface area contributed by atoms with Crippen molar-refractivity contribution in [1.29, 1.82) is 0 Å². The fraction of sp³-hybridized carbons (Fsp3) is 0.786. The number of thiazole rings is 1. The highest BCUT2D eigenvalue weighted by Gasteiger charge is 2.42. The average molecular weight is 266 g/mol. The molecule has 2 aliphatic rings. The summed E-state index contributed by atoms with van der Waals surface area (Å²) in [7, 11) is 1.83. The van der Waals surface area contributed by atoms with Crippen LogP contribution in [-0.4, -0.2) is 18.6 Å². The number of hydrogen-bond acceptors (Lipinski definition) is 4. The zero-order valence-electron chi connectivity index (χ0n) is 11.3. The molecular formula is C14H22N2OS. The minimum Gasteiger partial charge on any atom is -0.371 e. The van der Waals surface area contributed by atoms with Crippen LogP contribution >= 0.6 is 11.3 Å². The number of nitrogens with zero attached hydrogens (tertiary/aromatic N) is 1. The first kappa shape index (κ1) is 12.6. The summed E-state index contributed by atoms with van der Waals surface area (Å²) in [6, 6.07) is 0.470. The van der Waals surface area contributed by atoms with Crippen molar-refractivity contribution in [2.75, 3.05) is 13.7 Å². The summed E-state index contributed by atoms with van der Waals surface area (Å²) in [4.78, 5) is 6.44. The number of rotatable bonds is 4. The van der Waals surface area contributed by atoms with E-state index in [0.717, 1.165) is 19.4 Å². The maximum atomic E-state index is 5.76. The molecule has 1 fully saturated rings. The number of aryl methyl sites for hydroxylation is 1. The number of hydrogen-bond donors (Lipinski definition) is 1. The molecule has 1 aromatic rings. The van der Waals surface area contributed by atoms with E-state index in [0.29, 0.717) is 6.04 Å². The molecule has 0 radical (unpaired) electrons. The lowest BCUT2D eigenvalue weighted by atomic mass is 9.80. The van der Waals surface area contributed by atoms with Gasteiger partial charge in [-0.2, -0.15) is 0 Å². The molecule has 4 heteroatoms. The third-order valence-corrected chi connectivity index (χ3v) is 5.66. The lowest BCUT2D eigenvalue weighted by Gasteiger charge is -2.38. The van der Waals surface area contributed by atoms with Crippen LogP contribution in [-0.2, 0) is 16.8 Å². The molecule has 3 nitrogen and oxygen atoms in total. The van der Waals surface area contributed by atoms with Gasteiger partial charge in [0.1, 0.15) is 10.6 Å². The monoisotopic (exact) mass is 266 g/mol. The number of fused-ring (bicyclic) bond motifs is 1. The molecular weight excluding hydrogens is 244 g/mol. The Morgan fingerprint density at radius 2 is 2.28 bits per heavy atom. The molecule has 1 aromatic heterocycles. The van der Waals surface area contributed by atoms with E-state index in [4.69, 9.17) is 9.72 Å². The summed E-state index contributed by atoms with van der Waals surface area (Å²) in [6.07, 6.45) is 7.27. The molecule has 18 heavy (non-hydrogen) atoms. The van der Waals surface area contributed by atoms with Gasteiger partial charge in [-0.3, -0.25) is 0 Å². The van der Waals surface area contributed by atoms with Crippen LogP contribution in [0.2, 0.25) is 0 Å². The molecule has 1 N–H and O–H groups in total. The Hall–Kier alpha value is -0.450. The largest absolute Gasteiger partial charge is 0.371 e. The van der Waals surface area contributed by atoms with E-state index in [2.05, 4.69) is 12.2 Å². The quantitative estimate of drug-likeness (QED) is 0.909. The Balaban J connectivity index is 1.91. The summed E-state index contributed by atoms with van der Waals surface area (Å²) in [6.45, 7) is 3.19. The van der Waals surface area contributed by atoms with Gasteiger partial charge in [0.25, 0.3) is 0 Å². The molecule has 100 valence electrons. The van der Waals surface area contributed by atoms with Gasteiger partial charge in [-0.25, -0.2) is 4.98 Å². The van der Waals surface area contributed by atoms with E-state index in [1.54, 1.807) is 0 Å². The van der Waals surface area contributed by atoms with Gasteiger partial charge in [-0.15, -0.1) is 11.3 Å². The molecule has 1 saturated carbocycles. The van der Waals surface area contributed by atoms with E-state index >= 15 is 0 Å². The van der Waals surface area contributed by atoms with Crippen LogP contribution in [0.5, 0.6) is 0 Å². The molecule has 0 saturated heterocycles. The summed E-state index contributed by atoms with van der Waals surface area (Å²) in [5.41, 5.74) is 1.27. The smallest absolute Gasteiger partial charge is 0.125 e. The predicted octanol–water partition coefficient (Wildman–Crippen LogP) is 3.16. The molecule has 1 unspecified atom stereocenters. The van der Waals surface area contributed by atoms with Gasteiger partial charge in [-0.05, 0) is 45.1 Å². The first-order valence-corrected chi connectivity index (χ1v) is 7.89. The van der Waals surface area contributed by atoms with Gasteiger partial charge in [0, 0.05) is 12.0 Å². The van der Waals surface area contributed by atoms with Crippen molar-refractivity contribution in [3.8, 4) is 0 Å².